The van der Waals surface area contributed by atoms with Gasteiger partial charge in [0, 0.05) is 66.1 Å². The second kappa shape index (κ2) is 8.58. The molecular weight excluding hydrogens is 447 g/mol. The monoisotopic (exact) mass is 468 g/mol. The van der Waals surface area contributed by atoms with Gasteiger partial charge in [-0.25, -0.2) is 4.98 Å². The van der Waals surface area contributed by atoms with Crippen molar-refractivity contribution in [2.45, 2.75) is 25.1 Å². The average molecular weight is 469 g/mol. The normalized spacial score (nSPS) is 19.4. The molecule has 3 aliphatic rings. The molecular formula is C23H22Cl2N6O. The molecule has 2 unspecified atom stereocenters. The standard InChI is InChI=1S/C23H22Cl2N6O/c24-19-8-28-9-20(25)18(19)12-32-16-2-3-21(26)17(6-16)23(27)13-1-4-22(29-7-13)31-10-14-5-15(11-31)30-14/h1-4,6-9,14-15,27,30H,5,10-12,26H2. The highest BCUT2D eigenvalue weighted by molar-refractivity contribution is 6.35. The van der Waals surface area contributed by atoms with Crippen molar-refractivity contribution in [3.05, 3.63) is 75.7 Å². The molecule has 0 saturated carbocycles. The Hall–Kier alpha value is -2.87. The van der Waals surface area contributed by atoms with E-state index in [0.29, 0.717) is 50.3 Å². The predicted molar refractivity (Wildman–Crippen MR) is 127 cm³/mol. The number of benzene rings is 1. The van der Waals surface area contributed by atoms with Crippen LogP contribution in [0.25, 0.3) is 0 Å². The van der Waals surface area contributed by atoms with E-state index in [1.165, 1.54) is 18.8 Å². The number of nitrogen functional groups attached to an aromatic ring is 1. The number of piperazine rings is 1. The van der Waals surface area contributed by atoms with E-state index in [0.717, 1.165) is 18.9 Å². The van der Waals surface area contributed by atoms with Crippen LogP contribution in [0.3, 0.4) is 0 Å². The van der Waals surface area contributed by atoms with Crippen LogP contribution in [-0.4, -0.2) is 40.9 Å². The van der Waals surface area contributed by atoms with Gasteiger partial charge in [-0.3, -0.25) is 10.4 Å². The Kier molecular flexibility index (Phi) is 5.63. The molecule has 2 bridgehead atoms. The van der Waals surface area contributed by atoms with Crippen LogP contribution in [0, 0.1) is 5.41 Å². The van der Waals surface area contributed by atoms with E-state index < -0.39 is 0 Å². The molecule has 9 heteroatoms. The van der Waals surface area contributed by atoms with Crippen LogP contribution in [0.15, 0.2) is 48.9 Å². The summed E-state index contributed by atoms with van der Waals surface area (Å²) in [6.45, 7) is 2.12. The van der Waals surface area contributed by atoms with Crippen molar-refractivity contribution >= 4 is 40.4 Å². The number of nitrogens with zero attached hydrogens (tertiary/aromatic N) is 3. The summed E-state index contributed by atoms with van der Waals surface area (Å²) in [5, 5.41) is 13.1. The highest BCUT2D eigenvalue weighted by Crippen LogP contribution is 2.28. The molecule has 164 valence electrons. The molecule has 32 heavy (non-hydrogen) atoms. The second-order valence-electron chi connectivity index (χ2n) is 8.10. The van der Waals surface area contributed by atoms with E-state index in [1.807, 2.05) is 12.1 Å². The number of ether oxygens (including phenoxy) is 1. The summed E-state index contributed by atoms with van der Waals surface area (Å²) < 4.78 is 5.87. The number of nitrogens with one attached hydrogen (secondary N) is 2. The zero-order valence-electron chi connectivity index (χ0n) is 17.2. The Bertz CT molecular complexity index is 1130. The lowest BCUT2D eigenvalue weighted by atomic mass is 9.91. The molecule has 3 saturated heterocycles. The topological polar surface area (TPSA) is 100 Å². The quantitative estimate of drug-likeness (QED) is 0.374. The number of halogens is 2. The first-order valence-electron chi connectivity index (χ1n) is 10.3. The van der Waals surface area contributed by atoms with Gasteiger partial charge in [0.2, 0.25) is 0 Å². The highest BCUT2D eigenvalue weighted by atomic mass is 35.5. The third-order valence-electron chi connectivity index (χ3n) is 5.91. The fraction of sp³-hybridized carbons (Fsp3) is 0.261. The summed E-state index contributed by atoms with van der Waals surface area (Å²) in [5.74, 6) is 1.50. The molecule has 0 spiro atoms. The van der Waals surface area contributed by atoms with Gasteiger partial charge in [0.25, 0.3) is 0 Å². The Morgan fingerprint density at radius 3 is 2.50 bits per heavy atom. The molecule has 3 aliphatic heterocycles. The van der Waals surface area contributed by atoms with E-state index >= 15 is 0 Å². The lowest BCUT2D eigenvalue weighted by Gasteiger charge is -2.48. The number of fused-ring (bicyclic) bond motifs is 2. The fourth-order valence-electron chi connectivity index (χ4n) is 4.15. The minimum absolute atomic E-state index is 0.180. The summed E-state index contributed by atoms with van der Waals surface area (Å²) in [6.07, 6.45) is 6.03. The number of pyridine rings is 2. The first-order valence-corrected chi connectivity index (χ1v) is 11.1. The molecule has 1 aromatic carbocycles. The van der Waals surface area contributed by atoms with Crippen molar-refractivity contribution in [3.63, 3.8) is 0 Å². The third-order valence-corrected chi connectivity index (χ3v) is 6.56. The summed E-state index contributed by atoms with van der Waals surface area (Å²) in [5.41, 5.74) is 8.87. The number of rotatable bonds is 6. The molecule has 0 radical (unpaired) electrons. The van der Waals surface area contributed by atoms with Crippen molar-refractivity contribution in [1.82, 2.24) is 15.3 Å². The lowest BCUT2D eigenvalue weighted by Crippen LogP contribution is -2.67. The minimum Gasteiger partial charge on any atom is -0.489 e. The number of hydrogen-bond donors (Lipinski definition) is 3. The van der Waals surface area contributed by atoms with Gasteiger partial charge < -0.3 is 20.7 Å². The smallest absolute Gasteiger partial charge is 0.128 e. The molecule has 2 aromatic heterocycles. The Morgan fingerprint density at radius 2 is 1.84 bits per heavy atom. The van der Waals surface area contributed by atoms with Crippen LogP contribution in [0.5, 0.6) is 5.75 Å². The van der Waals surface area contributed by atoms with Crippen LogP contribution in [0.2, 0.25) is 10.0 Å². The molecule has 2 atom stereocenters. The Morgan fingerprint density at radius 1 is 1.12 bits per heavy atom. The van der Waals surface area contributed by atoms with Gasteiger partial charge in [-0.2, -0.15) is 0 Å². The Balaban J connectivity index is 1.31. The molecule has 0 amide bonds. The first-order chi connectivity index (χ1) is 15.5. The molecule has 3 fully saturated rings. The van der Waals surface area contributed by atoms with Crippen LogP contribution in [0.4, 0.5) is 11.5 Å². The van der Waals surface area contributed by atoms with Gasteiger partial charge in [-0.1, -0.05) is 23.2 Å². The number of aromatic nitrogens is 2. The van der Waals surface area contributed by atoms with Gasteiger partial charge in [-0.15, -0.1) is 0 Å². The summed E-state index contributed by atoms with van der Waals surface area (Å²) in [7, 11) is 0. The van der Waals surface area contributed by atoms with Crippen LogP contribution in [-0.2, 0) is 6.61 Å². The van der Waals surface area contributed by atoms with E-state index in [4.69, 9.17) is 39.1 Å². The maximum absolute atomic E-state index is 8.68. The summed E-state index contributed by atoms with van der Waals surface area (Å²) in [4.78, 5) is 10.8. The van der Waals surface area contributed by atoms with Crippen molar-refractivity contribution in [2.24, 2.45) is 0 Å². The molecule has 3 aromatic rings. The van der Waals surface area contributed by atoms with E-state index in [1.54, 1.807) is 24.4 Å². The summed E-state index contributed by atoms with van der Waals surface area (Å²) >= 11 is 12.3. The number of hydrogen-bond acceptors (Lipinski definition) is 7. The first kappa shape index (κ1) is 21.0. The predicted octanol–water partition coefficient (Wildman–Crippen LogP) is 3.91. The van der Waals surface area contributed by atoms with Crippen LogP contribution in [0.1, 0.15) is 23.1 Å². The zero-order valence-corrected chi connectivity index (χ0v) is 18.7. The van der Waals surface area contributed by atoms with Crippen molar-refractivity contribution in [1.29, 1.82) is 5.41 Å². The van der Waals surface area contributed by atoms with Crippen LogP contribution < -0.4 is 20.7 Å². The number of nitrogens with two attached hydrogens (primary N) is 1. The fourth-order valence-corrected chi connectivity index (χ4v) is 4.62. The second-order valence-corrected chi connectivity index (χ2v) is 8.92. The Labute approximate surface area is 196 Å². The van der Waals surface area contributed by atoms with E-state index in [2.05, 4.69) is 20.2 Å². The zero-order chi connectivity index (χ0) is 22.2. The minimum atomic E-state index is 0.180. The maximum atomic E-state index is 8.68. The van der Waals surface area contributed by atoms with Gasteiger partial charge in [0.1, 0.15) is 18.2 Å². The van der Waals surface area contributed by atoms with Crippen molar-refractivity contribution in [2.75, 3.05) is 23.7 Å². The molecule has 5 heterocycles. The van der Waals surface area contributed by atoms with Gasteiger partial charge in [-0.05, 0) is 36.8 Å². The highest BCUT2D eigenvalue weighted by Gasteiger charge is 2.36. The van der Waals surface area contributed by atoms with Gasteiger partial charge >= 0.3 is 0 Å². The summed E-state index contributed by atoms with van der Waals surface area (Å²) in [6, 6.07) is 10.2. The van der Waals surface area contributed by atoms with E-state index in [-0.39, 0.29) is 12.3 Å². The number of piperidine rings is 1. The van der Waals surface area contributed by atoms with Crippen molar-refractivity contribution < 1.29 is 4.74 Å². The van der Waals surface area contributed by atoms with Gasteiger partial charge in [0.05, 0.1) is 15.8 Å². The average Bonchev–Trinajstić information content (AvgIpc) is 2.79. The lowest BCUT2D eigenvalue weighted by molar-refractivity contribution is 0.225. The SMILES string of the molecule is N=C(c1ccc(N2CC3CC(C2)N3)nc1)c1cc(OCc2c(Cl)cncc2Cl)ccc1N. The largest absolute Gasteiger partial charge is 0.489 e. The third kappa shape index (κ3) is 4.11. The van der Waals surface area contributed by atoms with Crippen LogP contribution >= 0.6 is 23.2 Å². The maximum Gasteiger partial charge on any atom is 0.128 e. The number of anilines is 2. The van der Waals surface area contributed by atoms with E-state index in [9.17, 15) is 0 Å². The molecule has 7 nitrogen and oxygen atoms in total. The molecule has 4 N–H and O–H groups in total. The molecule has 6 rings (SSSR count). The van der Waals surface area contributed by atoms with Crippen molar-refractivity contribution in [3.8, 4) is 5.75 Å². The van der Waals surface area contributed by atoms with Gasteiger partial charge in [0.15, 0.2) is 0 Å². The molecule has 0 aliphatic carbocycles.